The molecule has 1 aliphatic rings. The molecule has 6 heteroatoms. The summed E-state index contributed by atoms with van der Waals surface area (Å²) in [5.41, 5.74) is 5.01. The fourth-order valence-electron chi connectivity index (χ4n) is 2.45. The highest BCUT2D eigenvalue weighted by atomic mass is 19.4. The van der Waals surface area contributed by atoms with Gasteiger partial charge in [0, 0.05) is 18.6 Å². The number of alkyl halides is 3. The van der Waals surface area contributed by atoms with Crippen LogP contribution < -0.4 is 10.5 Å². The minimum Gasteiger partial charge on any atom is -0.487 e. The molecule has 118 valence electrons. The highest BCUT2D eigenvalue weighted by molar-refractivity contribution is 5.54. The maximum Gasteiger partial charge on any atom is 0.416 e. The summed E-state index contributed by atoms with van der Waals surface area (Å²) < 4.78 is 43.5. The zero-order valence-corrected chi connectivity index (χ0v) is 12.5. The topological polar surface area (TPSA) is 38.5 Å². The second kappa shape index (κ2) is 5.40. The first kappa shape index (κ1) is 15.9. The van der Waals surface area contributed by atoms with Crippen LogP contribution in [-0.2, 0) is 6.18 Å². The molecule has 1 aliphatic heterocycles. The third-order valence-corrected chi connectivity index (χ3v) is 3.72. The first-order chi connectivity index (χ1) is 9.57. The lowest BCUT2D eigenvalue weighted by Crippen LogP contribution is -2.40. The summed E-state index contributed by atoms with van der Waals surface area (Å²) in [5, 5.41) is 0. The molecule has 0 amide bonds. The van der Waals surface area contributed by atoms with Gasteiger partial charge in [-0.2, -0.15) is 13.2 Å². The van der Waals surface area contributed by atoms with Crippen LogP contribution in [0, 0.1) is 0 Å². The van der Waals surface area contributed by atoms with Crippen molar-refractivity contribution in [1.29, 1.82) is 0 Å². The van der Waals surface area contributed by atoms with Gasteiger partial charge in [0.15, 0.2) is 0 Å². The molecular formula is C15H21F3N2O. The SMILES string of the molecule is CC(C)(C)N1CC[C@H](Oc2ccc(C(F)(F)F)cc2N)C1. The summed E-state index contributed by atoms with van der Waals surface area (Å²) in [5.74, 6) is 0.323. The van der Waals surface area contributed by atoms with Crippen LogP contribution in [0.5, 0.6) is 5.75 Å². The second-order valence-corrected chi connectivity index (χ2v) is 6.40. The quantitative estimate of drug-likeness (QED) is 0.849. The fraction of sp³-hybridized carbons (Fsp3) is 0.600. The number of anilines is 1. The van der Waals surface area contributed by atoms with Crippen molar-refractivity contribution >= 4 is 5.69 Å². The van der Waals surface area contributed by atoms with Crippen LogP contribution in [-0.4, -0.2) is 29.6 Å². The van der Waals surface area contributed by atoms with Crippen LogP contribution >= 0.6 is 0 Å². The van der Waals surface area contributed by atoms with E-state index in [0.717, 1.165) is 31.6 Å². The van der Waals surface area contributed by atoms with Crippen LogP contribution in [0.4, 0.5) is 18.9 Å². The van der Waals surface area contributed by atoms with Crippen LogP contribution in [0.3, 0.4) is 0 Å². The second-order valence-electron chi connectivity index (χ2n) is 6.40. The molecule has 0 radical (unpaired) electrons. The summed E-state index contributed by atoms with van der Waals surface area (Å²) in [6, 6.07) is 3.23. The Morgan fingerprint density at radius 2 is 1.90 bits per heavy atom. The van der Waals surface area contributed by atoms with E-state index in [1.807, 2.05) is 0 Å². The highest BCUT2D eigenvalue weighted by Gasteiger charge is 2.33. The number of nitrogens with two attached hydrogens (primary N) is 1. The van der Waals surface area contributed by atoms with Gasteiger partial charge < -0.3 is 10.5 Å². The largest absolute Gasteiger partial charge is 0.487 e. The van der Waals surface area contributed by atoms with E-state index in [1.165, 1.54) is 6.07 Å². The van der Waals surface area contributed by atoms with E-state index in [0.29, 0.717) is 5.75 Å². The van der Waals surface area contributed by atoms with Crippen LogP contribution in [0.25, 0.3) is 0 Å². The lowest BCUT2D eigenvalue weighted by molar-refractivity contribution is -0.137. The van der Waals surface area contributed by atoms with E-state index < -0.39 is 11.7 Å². The van der Waals surface area contributed by atoms with Crippen LogP contribution in [0.2, 0.25) is 0 Å². The summed E-state index contributed by atoms with van der Waals surface area (Å²) in [4.78, 5) is 2.29. The molecule has 0 unspecified atom stereocenters. The first-order valence-electron chi connectivity index (χ1n) is 6.96. The van der Waals surface area contributed by atoms with Gasteiger partial charge in [-0.05, 0) is 45.4 Å². The Kier molecular flexibility index (Phi) is 4.10. The Balaban J connectivity index is 2.05. The minimum absolute atomic E-state index is 0.0269. The number of benzene rings is 1. The number of nitrogens with zero attached hydrogens (tertiary/aromatic N) is 1. The lowest BCUT2D eigenvalue weighted by atomic mass is 10.1. The average Bonchev–Trinajstić information content (AvgIpc) is 2.78. The zero-order valence-electron chi connectivity index (χ0n) is 12.5. The Hall–Kier alpha value is -1.43. The first-order valence-corrected chi connectivity index (χ1v) is 6.96. The Morgan fingerprint density at radius 1 is 1.24 bits per heavy atom. The standard InChI is InChI=1S/C15H21F3N2O/c1-14(2,3)20-7-6-11(9-20)21-13-5-4-10(8-12(13)19)15(16,17)18/h4-5,8,11H,6-7,9,19H2,1-3H3/t11-/m0/s1. The van der Waals surface area contributed by atoms with Crippen molar-refractivity contribution in [3.63, 3.8) is 0 Å². The number of rotatable bonds is 2. The molecule has 1 saturated heterocycles. The smallest absolute Gasteiger partial charge is 0.416 e. The molecule has 0 aromatic heterocycles. The van der Waals surface area contributed by atoms with Crippen molar-refractivity contribution in [2.75, 3.05) is 18.8 Å². The molecule has 0 bridgehead atoms. The third kappa shape index (κ3) is 3.81. The molecule has 21 heavy (non-hydrogen) atoms. The molecule has 1 aromatic rings. The van der Waals surface area contributed by atoms with Gasteiger partial charge in [-0.3, -0.25) is 4.90 Å². The number of nitrogen functional groups attached to an aromatic ring is 1. The molecule has 0 saturated carbocycles. The van der Waals surface area contributed by atoms with Gasteiger partial charge >= 0.3 is 6.18 Å². The van der Waals surface area contributed by atoms with Gasteiger partial charge in [0.25, 0.3) is 0 Å². The fourth-order valence-corrected chi connectivity index (χ4v) is 2.45. The van der Waals surface area contributed by atoms with Gasteiger partial charge in [-0.15, -0.1) is 0 Å². The van der Waals surface area contributed by atoms with E-state index in [9.17, 15) is 13.2 Å². The Bertz CT molecular complexity index is 509. The third-order valence-electron chi connectivity index (χ3n) is 3.72. The molecule has 1 fully saturated rings. The predicted octanol–water partition coefficient (Wildman–Crippen LogP) is 3.54. The number of halogens is 3. The minimum atomic E-state index is -4.39. The van der Waals surface area contributed by atoms with Crippen molar-refractivity contribution in [3.8, 4) is 5.75 Å². The van der Waals surface area contributed by atoms with Gasteiger partial charge in [-0.1, -0.05) is 0 Å². The highest BCUT2D eigenvalue weighted by Crippen LogP contribution is 2.34. The van der Waals surface area contributed by atoms with Crippen molar-refractivity contribution < 1.29 is 17.9 Å². The van der Waals surface area contributed by atoms with Crippen molar-refractivity contribution in [1.82, 2.24) is 4.90 Å². The summed E-state index contributed by atoms with van der Waals surface area (Å²) in [6.07, 6.45) is -3.58. The van der Waals surface area contributed by atoms with Crippen molar-refractivity contribution in [2.24, 2.45) is 0 Å². The van der Waals surface area contributed by atoms with E-state index in [-0.39, 0.29) is 17.3 Å². The number of hydrogen-bond acceptors (Lipinski definition) is 3. The van der Waals surface area contributed by atoms with Gasteiger partial charge in [0.05, 0.1) is 11.3 Å². The molecule has 3 nitrogen and oxygen atoms in total. The number of likely N-dealkylation sites (tertiary alicyclic amines) is 1. The summed E-state index contributed by atoms with van der Waals surface area (Å²) in [6.45, 7) is 8.05. The predicted molar refractivity (Wildman–Crippen MR) is 76.2 cm³/mol. The van der Waals surface area contributed by atoms with Crippen LogP contribution in [0.1, 0.15) is 32.8 Å². The van der Waals surface area contributed by atoms with Crippen LogP contribution in [0.15, 0.2) is 18.2 Å². The summed E-state index contributed by atoms with van der Waals surface area (Å²) in [7, 11) is 0. The van der Waals surface area contributed by atoms with E-state index in [2.05, 4.69) is 25.7 Å². The van der Waals surface area contributed by atoms with Crippen molar-refractivity contribution in [3.05, 3.63) is 23.8 Å². The van der Waals surface area contributed by atoms with Gasteiger partial charge in [-0.25, -0.2) is 0 Å². The maximum absolute atomic E-state index is 12.6. The number of hydrogen-bond donors (Lipinski definition) is 1. The monoisotopic (exact) mass is 302 g/mol. The molecule has 0 aliphatic carbocycles. The molecule has 0 spiro atoms. The Labute approximate surface area is 122 Å². The van der Waals surface area contributed by atoms with E-state index in [4.69, 9.17) is 10.5 Å². The Morgan fingerprint density at radius 3 is 2.38 bits per heavy atom. The zero-order chi connectivity index (χ0) is 15.8. The van der Waals surface area contributed by atoms with Crippen molar-refractivity contribution in [2.45, 2.75) is 45.0 Å². The summed E-state index contributed by atoms with van der Waals surface area (Å²) >= 11 is 0. The van der Waals surface area contributed by atoms with E-state index >= 15 is 0 Å². The molecule has 1 heterocycles. The van der Waals surface area contributed by atoms with Gasteiger partial charge in [0.2, 0.25) is 0 Å². The van der Waals surface area contributed by atoms with E-state index in [1.54, 1.807) is 0 Å². The maximum atomic E-state index is 12.6. The lowest BCUT2D eigenvalue weighted by Gasteiger charge is -2.31. The average molecular weight is 302 g/mol. The van der Waals surface area contributed by atoms with Gasteiger partial charge in [0.1, 0.15) is 11.9 Å². The number of ether oxygens (including phenoxy) is 1. The molecule has 1 atom stereocenters. The molecular weight excluding hydrogens is 281 g/mol. The molecule has 2 N–H and O–H groups in total. The molecule has 2 rings (SSSR count). The molecule has 1 aromatic carbocycles. The normalized spacial score (nSPS) is 20.8.